The Balaban J connectivity index is 3.77. The second-order valence-electron chi connectivity index (χ2n) is 7.72. The molecule has 0 aromatic rings. The summed E-state index contributed by atoms with van der Waals surface area (Å²) >= 11 is 0. The van der Waals surface area contributed by atoms with Crippen LogP contribution >= 0.6 is 7.60 Å². The van der Waals surface area contributed by atoms with Gasteiger partial charge in [0.2, 0.25) is 0 Å². The summed E-state index contributed by atoms with van der Waals surface area (Å²) in [6, 6.07) is 0. The maximum atomic E-state index is 12.5. The number of unbranched alkanes of at least 4 members (excludes halogenated alkanes) is 10. The van der Waals surface area contributed by atoms with Crippen molar-refractivity contribution in [3.63, 3.8) is 0 Å². The van der Waals surface area contributed by atoms with Crippen molar-refractivity contribution in [3.8, 4) is 0 Å². The summed E-state index contributed by atoms with van der Waals surface area (Å²) in [6.45, 7) is 10.1. The van der Waals surface area contributed by atoms with Crippen molar-refractivity contribution in [2.45, 2.75) is 130 Å². The lowest BCUT2D eigenvalue weighted by molar-refractivity contribution is 0.120. The minimum absolute atomic E-state index is 0.0169. The first-order chi connectivity index (χ1) is 11.9. The maximum absolute atomic E-state index is 12.5. The molecule has 0 aliphatic heterocycles. The zero-order valence-electron chi connectivity index (χ0n) is 17.7. The average molecular weight is 377 g/mol. The lowest BCUT2D eigenvalue weighted by Crippen LogP contribution is -2.12. The monoisotopic (exact) mass is 376 g/mol. The van der Waals surface area contributed by atoms with Crippen molar-refractivity contribution in [3.05, 3.63) is 0 Å². The molecule has 0 aromatic heterocycles. The Labute approximate surface area is 158 Å². The molecule has 0 fully saturated rings. The van der Waals surface area contributed by atoms with Gasteiger partial charge in [-0.15, -0.1) is 0 Å². The molecule has 3 nitrogen and oxygen atoms in total. The van der Waals surface area contributed by atoms with E-state index in [1.807, 2.05) is 13.8 Å². The molecule has 0 spiro atoms. The van der Waals surface area contributed by atoms with Gasteiger partial charge in [0.15, 0.2) is 0 Å². The van der Waals surface area contributed by atoms with Crippen molar-refractivity contribution in [2.75, 3.05) is 6.66 Å². The zero-order chi connectivity index (χ0) is 19.0. The van der Waals surface area contributed by atoms with Crippen LogP contribution in [0.25, 0.3) is 0 Å². The normalized spacial score (nSPS) is 16.5. The highest BCUT2D eigenvalue weighted by Crippen LogP contribution is 2.47. The quantitative estimate of drug-likeness (QED) is 0.179. The highest BCUT2D eigenvalue weighted by Gasteiger charge is 2.23. The van der Waals surface area contributed by atoms with Crippen LogP contribution in [0.4, 0.5) is 0 Å². The second-order valence-corrected chi connectivity index (χ2v) is 9.68. The van der Waals surface area contributed by atoms with Crippen LogP contribution in [0.5, 0.6) is 0 Å². The molecule has 0 aliphatic carbocycles. The Morgan fingerprint density at radius 3 is 1.32 bits per heavy atom. The van der Waals surface area contributed by atoms with Crippen LogP contribution in [0.2, 0.25) is 0 Å². The molecule has 0 rings (SSSR count). The van der Waals surface area contributed by atoms with Gasteiger partial charge in [-0.2, -0.15) is 0 Å². The molecule has 0 heterocycles. The van der Waals surface area contributed by atoms with Crippen LogP contribution in [-0.2, 0) is 13.6 Å². The average Bonchev–Trinajstić information content (AvgIpc) is 2.53. The Hall–Kier alpha value is 0.150. The largest absolute Gasteiger partial charge is 0.328 e. The van der Waals surface area contributed by atoms with E-state index in [1.165, 1.54) is 64.2 Å². The summed E-state index contributed by atoms with van der Waals surface area (Å²) in [4.78, 5) is 0. The van der Waals surface area contributed by atoms with E-state index in [1.54, 1.807) is 6.66 Å². The smallest absolute Gasteiger partial charge is 0.306 e. The molecule has 0 bridgehead atoms. The van der Waals surface area contributed by atoms with Crippen molar-refractivity contribution in [1.29, 1.82) is 0 Å². The van der Waals surface area contributed by atoms with E-state index in [4.69, 9.17) is 9.05 Å². The third-order valence-corrected chi connectivity index (χ3v) is 6.16. The minimum Gasteiger partial charge on any atom is -0.306 e. The lowest BCUT2D eigenvalue weighted by Gasteiger charge is -2.22. The van der Waals surface area contributed by atoms with Crippen molar-refractivity contribution < 1.29 is 13.6 Å². The maximum Gasteiger partial charge on any atom is 0.328 e. The molecule has 152 valence electrons. The van der Waals surface area contributed by atoms with E-state index in [-0.39, 0.29) is 12.2 Å². The molecule has 0 radical (unpaired) electrons. The van der Waals surface area contributed by atoms with Crippen LogP contribution in [-0.4, -0.2) is 18.9 Å². The second kappa shape index (κ2) is 16.3. The third kappa shape index (κ3) is 17.3. The first-order valence-corrected chi connectivity index (χ1v) is 12.8. The van der Waals surface area contributed by atoms with E-state index in [0.29, 0.717) is 0 Å². The highest BCUT2D eigenvalue weighted by atomic mass is 31.2. The molecule has 0 saturated heterocycles. The fourth-order valence-electron chi connectivity index (χ4n) is 3.21. The first kappa shape index (κ1) is 25.1. The van der Waals surface area contributed by atoms with Crippen molar-refractivity contribution in [1.82, 2.24) is 0 Å². The van der Waals surface area contributed by atoms with Gasteiger partial charge in [-0.25, -0.2) is 0 Å². The van der Waals surface area contributed by atoms with Gasteiger partial charge in [0.25, 0.3) is 0 Å². The van der Waals surface area contributed by atoms with Crippen LogP contribution in [0.1, 0.15) is 118 Å². The molecule has 0 saturated carbocycles. The highest BCUT2D eigenvalue weighted by molar-refractivity contribution is 7.53. The molecule has 0 aliphatic rings. The Bertz CT molecular complexity index is 305. The predicted octanol–water partition coefficient (Wildman–Crippen LogP) is 8.12. The van der Waals surface area contributed by atoms with Crippen molar-refractivity contribution >= 4 is 7.60 Å². The summed E-state index contributed by atoms with van der Waals surface area (Å²) in [5.74, 6) is 0. The van der Waals surface area contributed by atoms with E-state index < -0.39 is 7.60 Å². The topological polar surface area (TPSA) is 35.5 Å². The third-order valence-electron chi connectivity index (χ3n) is 4.67. The summed E-state index contributed by atoms with van der Waals surface area (Å²) in [7, 11) is -2.94. The molecule has 0 aromatic carbocycles. The van der Waals surface area contributed by atoms with Gasteiger partial charge in [0, 0.05) is 6.66 Å². The van der Waals surface area contributed by atoms with Crippen LogP contribution < -0.4 is 0 Å². The molecule has 4 heteroatoms. The van der Waals surface area contributed by atoms with E-state index in [0.717, 1.165) is 25.7 Å². The molecule has 2 unspecified atom stereocenters. The molecule has 25 heavy (non-hydrogen) atoms. The Morgan fingerprint density at radius 1 is 0.640 bits per heavy atom. The Kier molecular flexibility index (Phi) is 16.4. The first-order valence-electron chi connectivity index (χ1n) is 10.9. The van der Waals surface area contributed by atoms with Crippen LogP contribution in [0.3, 0.4) is 0 Å². The Morgan fingerprint density at radius 2 is 0.960 bits per heavy atom. The molecule has 0 amide bonds. The van der Waals surface area contributed by atoms with Crippen molar-refractivity contribution in [2.24, 2.45) is 0 Å². The number of hydrogen-bond acceptors (Lipinski definition) is 3. The summed E-state index contributed by atoms with van der Waals surface area (Å²) in [6.07, 6.45) is 17.3. The van der Waals surface area contributed by atoms with E-state index in [2.05, 4.69) is 13.8 Å². The van der Waals surface area contributed by atoms with Gasteiger partial charge in [-0.3, -0.25) is 4.57 Å². The fraction of sp³-hybridized carbons (Fsp3) is 1.00. The van der Waals surface area contributed by atoms with Gasteiger partial charge < -0.3 is 9.05 Å². The minimum atomic E-state index is -2.94. The molecular formula is C21H45O3P. The van der Waals surface area contributed by atoms with Gasteiger partial charge in [-0.1, -0.05) is 90.9 Å². The van der Waals surface area contributed by atoms with Crippen LogP contribution in [0, 0.1) is 0 Å². The van der Waals surface area contributed by atoms with E-state index >= 15 is 0 Å². The molecule has 0 N–H and O–H groups in total. The van der Waals surface area contributed by atoms with Gasteiger partial charge in [0.05, 0.1) is 12.2 Å². The van der Waals surface area contributed by atoms with Gasteiger partial charge in [-0.05, 0) is 26.7 Å². The number of hydrogen-bond donors (Lipinski definition) is 0. The SMILES string of the molecule is CCCCCCCCC(C)OP(C)(=O)OC(C)CCCCCCCC. The zero-order valence-corrected chi connectivity index (χ0v) is 18.6. The van der Waals surface area contributed by atoms with Gasteiger partial charge in [0.1, 0.15) is 0 Å². The lowest BCUT2D eigenvalue weighted by atomic mass is 10.1. The van der Waals surface area contributed by atoms with Crippen LogP contribution in [0.15, 0.2) is 0 Å². The molecule has 2 atom stereocenters. The molecular weight excluding hydrogens is 331 g/mol. The summed E-state index contributed by atoms with van der Waals surface area (Å²) < 4.78 is 24.0. The predicted molar refractivity (Wildman–Crippen MR) is 111 cm³/mol. The summed E-state index contributed by atoms with van der Waals surface area (Å²) in [5, 5.41) is 0. The standard InChI is InChI=1S/C21H45O3P/c1-6-8-10-12-14-16-18-20(3)23-25(5,22)24-21(4)19-17-15-13-11-9-7-2/h20-21H,6-19H2,1-5H3. The summed E-state index contributed by atoms with van der Waals surface area (Å²) in [5.41, 5.74) is 0. The fourth-order valence-corrected chi connectivity index (χ4v) is 4.78. The number of rotatable bonds is 18. The van der Waals surface area contributed by atoms with Gasteiger partial charge >= 0.3 is 7.60 Å². The van der Waals surface area contributed by atoms with E-state index in [9.17, 15) is 4.57 Å².